The second-order valence-corrected chi connectivity index (χ2v) is 10.3. The molecular formula is C34H31N5O7. The summed E-state index contributed by atoms with van der Waals surface area (Å²) in [7, 11) is 0. The van der Waals surface area contributed by atoms with Crippen molar-refractivity contribution >= 4 is 29.4 Å². The Morgan fingerprint density at radius 3 is 2.37 bits per heavy atom. The molecule has 0 spiro atoms. The summed E-state index contributed by atoms with van der Waals surface area (Å²) >= 11 is 0. The smallest absolute Gasteiger partial charge is 0.311 e. The molecule has 5 rings (SSSR count). The molecule has 3 aromatic carbocycles. The van der Waals surface area contributed by atoms with Crippen molar-refractivity contribution in [2.75, 3.05) is 11.9 Å². The predicted molar refractivity (Wildman–Crippen MR) is 172 cm³/mol. The van der Waals surface area contributed by atoms with Crippen LogP contribution < -0.4 is 20.2 Å². The summed E-state index contributed by atoms with van der Waals surface area (Å²) < 4.78 is 19.1. The van der Waals surface area contributed by atoms with E-state index in [0.717, 1.165) is 22.6 Å². The van der Waals surface area contributed by atoms with Crippen LogP contribution in [0, 0.1) is 30.9 Å². The number of aromatic nitrogens is 1. The van der Waals surface area contributed by atoms with Gasteiger partial charge in [-0.1, -0.05) is 24.3 Å². The van der Waals surface area contributed by atoms with E-state index in [4.69, 9.17) is 13.9 Å². The topological polar surface area (TPSA) is 150 Å². The van der Waals surface area contributed by atoms with Gasteiger partial charge in [0.1, 0.15) is 18.1 Å². The lowest BCUT2D eigenvalue weighted by molar-refractivity contribution is -0.385. The molecule has 2 N–H and O–H groups in total. The zero-order chi connectivity index (χ0) is 32.6. The number of nitro groups is 1. The number of aryl methyl sites for hydroxylation is 3. The predicted octanol–water partition coefficient (Wildman–Crippen LogP) is 6.26. The standard InChI is InChI=1S/C34H31N5O7/c1-22-7-4-5-9-29(22)36-32(40)21-45-33-25(8-6-10-30(33)39(42)43)19-35-37-34(41)31-18-17-28(46-31)20-44-27-15-13-26(14-16-27)38-23(2)11-12-24(38)3/h4-19H,20-21H2,1-3H3,(H,36,40)(H,37,41)/b35-19+. The van der Waals surface area contributed by atoms with Gasteiger partial charge in [0, 0.05) is 34.4 Å². The van der Waals surface area contributed by atoms with Crippen LogP contribution in [0.2, 0.25) is 0 Å². The summed E-state index contributed by atoms with van der Waals surface area (Å²) in [6, 6.07) is 26.3. The number of anilines is 1. The Labute approximate surface area is 264 Å². The normalized spacial score (nSPS) is 10.9. The Kier molecular flexibility index (Phi) is 9.57. The molecule has 46 heavy (non-hydrogen) atoms. The van der Waals surface area contributed by atoms with E-state index in [1.165, 1.54) is 30.5 Å². The van der Waals surface area contributed by atoms with E-state index in [1.807, 2.05) is 57.2 Å². The molecule has 0 unspecified atom stereocenters. The van der Waals surface area contributed by atoms with Crippen molar-refractivity contribution in [1.82, 2.24) is 9.99 Å². The maximum Gasteiger partial charge on any atom is 0.311 e. The van der Waals surface area contributed by atoms with Crippen LogP contribution in [0.15, 0.2) is 101 Å². The molecule has 2 heterocycles. The molecule has 0 fully saturated rings. The number of furan rings is 1. The Morgan fingerprint density at radius 1 is 0.913 bits per heavy atom. The zero-order valence-electron chi connectivity index (χ0n) is 25.4. The largest absolute Gasteiger partial charge is 0.486 e. The fourth-order valence-electron chi connectivity index (χ4n) is 4.70. The number of carbonyl (C=O) groups excluding carboxylic acids is 2. The summed E-state index contributed by atoms with van der Waals surface area (Å²) in [6.07, 6.45) is 1.19. The number of nitro benzene ring substituents is 1. The minimum absolute atomic E-state index is 0.00644. The molecule has 234 valence electrons. The van der Waals surface area contributed by atoms with E-state index in [2.05, 4.69) is 32.5 Å². The number of nitrogens with zero attached hydrogens (tertiary/aromatic N) is 3. The third-order valence-corrected chi connectivity index (χ3v) is 6.99. The molecule has 0 saturated heterocycles. The fourth-order valence-corrected chi connectivity index (χ4v) is 4.70. The minimum atomic E-state index is -0.644. The van der Waals surface area contributed by atoms with Crippen LogP contribution in [0.5, 0.6) is 11.5 Å². The SMILES string of the molecule is Cc1ccccc1NC(=O)COc1c(/C=N/NC(=O)c2ccc(COc3ccc(-n4c(C)ccc4C)cc3)o2)cccc1[N+](=O)[O-]. The van der Waals surface area contributed by atoms with Crippen LogP contribution in [0.1, 0.15) is 38.8 Å². The molecule has 12 nitrogen and oxygen atoms in total. The lowest BCUT2D eigenvalue weighted by atomic mass is 10.2. The van der Waals surface area contributed by atoms with Crippen LogP contribution >= 0.6 is 0 Å². The highest BCUT2D eigenvalue weighted by atomic mass is 16.6. The van der Waals surface area contributed by atoms with Gasteiger partial charge in [0.05, 0.1) is 11.1 Å². The third-order valence-electron chi connectivity index (χ3n) is 6.99. The van der Waals surface area contributed by atoms with Gasteiger partial charge in [0.2, 0.25) is 5.75 Å². The monoisotopic (exact) mass is 621 g/mol. The van der Waals surface area contributed by atoms with Crippen LogP contribution in [0.4, 0.5) is 11.4 Å². The molecule has 2 aromatic heterocycles. The summed E-state index contributed by atoms with van der Waals surface area (Å²) in [5, 5.41) is 18.3. The van der Waals surface area contributed by atoms with E-state index in [1.54, 1.807) is 18.2 Å². The van der Waals surface area contributed by atoms with Crippen molar-refractivity contribution in [3.8, 4) is 17.2 Å². The average molecular weight is 622 g/mol. The van der Waals surface area contributed by atoms with E-state index >= 15 is 0 Å². The first kappa shape index (κ1) is 31.3. The number of amides is 2. The minimum Gasteiger partial charge on any atom is -0.486 e. The number of benzene rings is 3. The lowest BCUT2D eigenvalue weighted by Crippen LogP contribution is -2.21. The molecule has 12 heteroatoms. The fraction of sp³-hybridized carbons (Fsp3) is 0.147. The van der Waals surface area contributed by atoms with Gasteiger partial charge < -0.3 is 23.8 Å². The number of hydrogen-bond acceptors (Lipinski definition) is 8. The van der Waals surface area contributed by atoms with Crippen molar-refractivity contribution < 1.29 is 28.4 Å². The number of rotatable bonds is 12. The molecular weight excluding hydrogens is 590 g/mol. The van der Waals surface area contributed by atoms with Gasteiger partial charge in [-0.3, -0.25) is 19.7 Å². The molecule has 2 amide bonds. The highest BCUT2D eigenvalue weighted by molar-refractivity contribution is 5.94. The third kappa shape index (κ3) is 7.48. The Balaban J connectivity index is 1.17. The molecule has 0 atom stereocenters. The van der Waals surface area contributed by atoms with E-state index < -0.39 is 23.3 Å². The Hall–Kier alpha value is -6.17. The number of hydrazone groups is 1. The zero-order valence-corrected chi connectivity index (χ0v) is 25.4. The Bertz CT molecular complexity index is 1890. The highest BCUT2D eigenvalue weighted by Gasteiger charge is 2.20. The quantitative estimate of drug-likeness (QED) is 0.0948. The molecule has 5 aromatic rings. The van der Waals surface area contributed by atoms with Gasteiger partial charge in [0.25, 0.3) is 5.91 Å². The van der Waals surface area contributed by atoms with Crippen molar-refractivity contribution in [2.45, 2.75) is 27.4 Å². The van der Waals surface area contributed by atoms with E-state index in [0.29, 0.717) is 17.2 Å². The number of carbonyl (C=O) groups is 2. The molecule has 0 aliphatic heterocycles. The van der Waals surface area contributed by atoms with Gasteiger partial charge >= 0.3 is 11.6 Å². The van der Waals surface area contributed by atoms with Crippen LogP contribution in [0.25, 0.3) is 5.69 Å². The van der Waals surface area contributed by atoms with Crippen molar-refractivity contribution in [2.24, 2.45) is 5.10 Å². The molecule has 0 saturated carbocycles. The molecule has 0 radical (unpaired) electrons. The summed E-state index contributed by atoms with van der Waals surface area (Å²) in [5.41, 5.74) is 6.90. The molecule has 0 aliphatic rings. The second-order valence-electron chi connectivity index (χ2n) is 10.3. The van der Waals surface area contributed by atoms with E-state index in [9.17, 15) is 19.7 Å². The number of hydrogen-bond donors (Lipinski definition) is 2. The summed E-state index contributed by atoms with van der Waals surface area (Å²) in [4.78, 5) is 36.1. The lowest BCUT2D eigenvalue weighted by Gasteiger charge is -2.11. The highest BCUT2D eigenvalue weighted by Crippen LogP contribution is 2.30. The summed E-state index contributed by atoms with van der Waals surface area (Å²) in [5.74, 6) is -0.257. The van der Waals surface area contributed by atoms with Crippen molar-refractivity contribution in [3.63, 3.8) is 0 Å². The maximum atomic E-state index is 12.6. The molecule has 0 bridgehead atoms. The van der Waals surface area contributed by atoms with Gasteiger partial charge in [-0.15, -0.1) is 0 Å². The van der Waals surface area contributed by atoms with Gasteiger partial charge in [-0.2, -0.15) is 5.10 Å². The number of nitrogens with one attached hydrogen (secondary N) is 2. The molecule has 0 aliphatic carbocycles. The van der Waals surface area contributed by atoms with Crippen LogP contribution in [-0.4, -0.2) is 34.1 Å². The van der Waals surface area contributed by atoms with Gasteiger partial charge in [-0.05, 0) is 87.0 Å². The first-order chi connectivity index (χ1) is 22.2. The van der Waals surface area contributed by atoms with Crippen LogP contribution in [-0.2, 0) is 11.4 Å². The first-order valence-electron chi connectivity index (χ1n) is 14.3. The maximum absolute atomic E-state index is 12.6. The summed E-state index contributed by atoms with van der Waals surface area (Å²) in [6.45, 7) is 5.54. The van der Waals surface area contributed by atoms with Crippen molar-refractivity contribution in [3.05, 3.63) is 135 Å². The number of ether oxygens (including phenoxy) is 2. The first-order valence-corrected chi connectivity index (χ1v) is 14.3. The Morgan fingerprint density at radius 2 is 1.65 bits per heavy atom. The van der Waals surface area contributed by atoms with Crippen LogP contribution in [0.3, 0.4) is 0 Å². The van der Waals surface area contributed by atoms with E-state index in [-0.39, 0.29) is 29.4 Å². The van der Waals surface area contributed by atoms with Gasteiger partial charge in [0.15, 0.2) is 12.4 Å². The number of para-hydroxylation sites is 2. The van der Waals surface area contributed by atoms with Gasteiger partial charge in [-0.25, -0.2) is 5.43 Å². The second kappa shape index (κ2) is 14.1. The van der Waals surface area contributed by atoms with Crippen molar-refractivity contribution in [1.29, 1.82) is 0 Å². The average Bonchev–Trinajstić information content (AvgIpc) is 3.66.